The Hall–Kier alpha value is -3.81. The van der Waals surface area contributed by atoms with E-state index in [0.29, 0.717) is 19.4 Å². The van der Waals surface area contributed by atoms with Gasteiger partial charge < -0.3 is 14.2 Å². The van der Waals surface area contributed by atoms with E-state index in [4.69, 9.17) is 14.2 Å². The number of esters is 1. The summed E-state index contributed by atoms with van der Waals surface area (Å²) in [4.78, 5) is 41.3. The summed E-state index contributed by atoms with van der Waals surface area (Å²) in [7, 11) is 1.27. The molecule has 34 heavy (non-hydrogen) atoms. The van der Waals surface area contributed by atoms with Gasteiger partial charge >= 0.3 is 12.1 Å². The van der Waals surface area contributed by atoms with Gasteiger partial charge in [0, 0.05) is 18.7 Å². The molecule has 0 aromatic heterocycles. The van der Waals surface area contributed by atoms with E-state index in [1.165, 1.54) is 29.4 Å². The molecule has 2 amide bonds. The average Bonchev–Trinajstić information content (AvgIpc) is 3.50. The van der Waals surface area contributed by atoms with Crippen LogP contribution in [0.4, 0.5) is 4.79 Å². The lowest BCUT2D eigenvalue weighted by atomic mass is 9.98. The Labute approximate surface area is 197 Å². The second-order valence-corrected chi connectivity index (χ2v) is 8.56. The monoisotopic (exact) mass is 462 g/mol. The fourth-order valence-electron chi connectivity index (χ4n) is 5.08. The summed E-state index contributed by atoms with van der Waals surface area (Å²) in [6, 6.07) is 14.7. The van der Waals surface area contributed by atoms with E-state index in [2.05, 4.69) is 24.3 Å². The number of fused-ring (bicyclic) bond motifs is 3. The van der Waals surface area contributed by atoms with Gasteiger partial charge in [-0.2, -0.15) is 0 Å². The SMILES string of the molecule is COC(=O)[C@H]1COC=CN1C(=O)[C@@H]1CCCN1C(=O)OCC1c2ccccc2-c2ccccc21. The van der Waals surface area contributed by atoms with Crippen molar-refractivity contribution in [1.29, 1.82) is 0 Å². The topological polar surface area (TPSA) is 85.4 Å². The number of nitrogens with zero attached hydrogens (tertiary/aromatic N) is 2. The van der Waals surface area contributed by atoms with Crippen molar-refractivity contribution < 1.29 is 28.6 Å². The first kappa shape index (κ1) is 22.0. The molecule has 0 spiro atoms. The quantitative estimate of drug-likeness (QED) is 0.649. The zero-order valence-electron chi connectivity index (χ0n) is 18.9. The van der Waals surface area contributed by atoms with Gasteiger partial charge in [0.1, 0.15) is 19.3 Å². The van der Waals surface area contributed by atoms with E-state index < -0.39 is 24.1 Å². The lowest BCUT2D eigenvalue weighted by Crippen LogP contribution is -2.53. The summed E-state index contributed by atoms with van der Waals surface area (Å²) in [5.41, 5.74) is 4.57. The van der Waals surface area contributed by atoms with Gasteiger partial charge in [-0.15, -0.1) is 0 Å². The molecule has 2 heterocycles. The molecule has 0 saturated carbocycles. The molecule has 0 radical (unpaired) electrons. The van der Waals surface area contributed by atoms with E-state index in [0.717, 1.165) is 22.3 Å². The molecule has 0 bridgehead atoms. The van der Waals surface area contributed by atoms with Crippen LogP contribution in [0.25, 0.3) is 11.1 Å². The van der Waals surface area contributed by atoms with Crippen molar-refractivity contribution in [3.63, 3.8) is 0 Å². The number of carbonyl (C=O) groups excluding carboxylic acids is 3. The van der Waals surface area contributed by atoms with Crippen molar-refractivity contribution in [2.24, 2.45) is 0 Å². The van der Waals surface area contributed by atoms with Gasteiger partial charge in [-0.1, -0.05) is 48.5 Å². The summed E-state index contributed by atoms with van der Waals surface area (Å²) < 4.78 is 15.8. The number of amides is 2. The van der Waals surface area contributed by atoms with Crippen LogP contribution in [0.2, 0.25) is 0 Å². The lowest BCUT2D eigenvalue weighted by Gasteiger charge is -2.33. The van der Waals surface area contributed by atoms with Crippen LogP contribution in [0, 0.1) is 0 Å². The molecule has 8 heteroatoms. The first-order valence-corrected chi connectivity index (χ1v) is 11.4. The van der Waals surface area contributed by atoms with Crippen LogP contribution in [-0.4, -0.2) is 66.7 Å². The molecule has 2 aliphatic heterocycles. The minimum absolute atomic E-state index is 0.00653. The minimum atomic E-state index is -0.882. The molecule has 5 rings (SSSR count). The molecule has 2 aromatic rings. The normalized spacial score (nSPS) is 21.0. The van der Waals surface area contributed by atoms with Crippen molar-refractivity contribution in [2.75, 3.05) is 26.9 Å². The van der Waals surface area contributed by atoms with E-state index in [9.17, 15) is 14.4 Å². The van der Waals surface area contributed by atoms with Crippen molar-refractivity contribution in [2.45, 2.75) is 30.8 Å². The summed E-state index contributed by atoms with van der Waals surface area (Å²) in [5, 5.41) is 0. The molecule has 3 aliphatic rings. The maximum absolute atomic E-state index is 13.3. The number of rotatable bonds is 4. The Balaban J connectivity index is 1.30. The Morgan fingerprint density at radius 2 is 1.68 bits per heavy atom. The van der Waals surface area contributed by atoms with Gasteiger partial charge in [0.15, 0.2) is 6.04 Å². The van der Waals surface area contributed by atoms with Gasteiger partial charge in [0.05, 0.1) is 13.4 Å². The molecular formula is C26H26N2O6. The summed E-state index contributed by atoms with van der Waals surface area (Å²) in [5.74, 6) is -0.969. The standard InChI is InChI=1S/C26H26N2O6/c1-32-25(30)23-16-33-14-13-27(23)24(29)22-11-6-12-28(22)26(31)34-15-21-19-9-4-2-7-17(19)18-8-3-5-10-20(18)21/h2-5,7-10,13-14,21-23H,6,11-12,15-16H2,1H3/t22-,23+/m0/s1. The van der Waals surface area contributed by atoms with Gasteiger partial charge in [0.25, 0.3) is 0 Å². The maximum Gasteiger partial charge on any atom is 0.410 e. The highest BCUT2D eigenvalue weighted by molar-refractivity contribution is 5.91. The van der Waals surface area contributed by atoms with Gasteiger partial charge in [-0.05, 0) is 35.1 Å². The molecule has 8 nitrogen and oxygen atoms in total. The first-order chi connectivity index (χ1) is 16.6. The van der Waals surface area contributed by atoms with Crippen LogP contribution in [0.1, 0.15) is 29.9 Å². The summed E-state index contributed by atoms with van der Waals surface area (Å²) >= 11 is 0. The highest BCUT2D eigenvalue weighted by Crippen LogP contribution is 2.44. The number of methoxy groups -OCH3 is 1. The third-order valence-electron chi connectivity index (χ3n) is 6.74. The summed E-state index contributed by atoms with van der Waals surface area (Å²) in [6.45, 7) is 0.614. The number of hydrogen-bond acceptors (Lipinski definition) is 6. The van der Waals surface area contributed by atoms with Crippen molar-refractivity contribution in [3.8, 4) is 11.1 Å². The average molecular weight is 463 g/mol. The van der Waals surface area contributed by atoms with Crippen molar-refractivity contribution >= 4 is 18.0 Å². The van der Waals surface area contributed by atoms with Crippen LogP contribution >= 0.6 is 0 Å². The smallest absolute Gasteiger partial charge is 0.410 e. The van der Waals surface area contributed by atoms with Crippen LogP contribution in [0.3, 0.4) is 0 Å². The first-order valence-electron chi connectivity index (χ1n) is 11.4. The molecule has 1 fully saturated rings. The molecular weight excluding hydrogens is 436 g/mol. The van der Waals surface area contributed by atoms with Crippen LogP contribution < -0.4 is 0 Å². The third kappa shape index (κ3) is 3.79. The lowest BCUT2D eigenvalue weighted by molar-refractivity contribution is -0.154. The second kappa shape index (κ2) is 9.21. The number of likely N-dealkylation sites (tertiary alicyclic amines) is 1. The van der Waals surface area contributed by atoms with E-state index in [1.807, 2.05) is 24.3 Å². The third-order valence-corrected chi connectivity index (χ3v) is 6.74. The molecule has 2 atom stereocenters. The van der Waals surface area contributed by atoms with Crippen molar-refractivity contribution in [1.82, 2.24) is 9.80 Å². The Kier molecular flexibility index (Phi) is 5.96. The van der Waals surface area contributed by atoms with E-state index in [1.54, 1.807) is 0 Å². The van der Waals surface area contributed by atoms with Crippen LogP contribution in [0.5, 0.6) is 0 Å². The van der Waals surface area contributed by atoms with Crippen molar-refractivity contribution in [3.05, 3.63) is 72.1 Å². The summed E-state index contributed by atoms with van der Waals surface area (Å²) in [6.07, 6.45) is 3.44. The molecule has 2 aromatic carbocycles. The zero-order chi connectivity index (χ0) is 23.7. The molecule has 0 N–H and O–H groups in total. The number of ether oxygens (including phenoxy) is 3. The van der Waals surface area contributed by atoms with Gasteiger partial charge in [-0.3, -0.25) is 14.6 Å². The number of hydrogen-bond donors (Lipinski definition) is 0. The Bertz CT molecular complexity index is 1100. The van der Waals surface area contributed by atoms with Crippen LogP contribution in [-0.2, 0) is 23.8 Å². The number of benzene rings is 2. The maximum atomic E-state index is 13.3. The largest absolute Gasteiger partial charge is 0.497 e. The highest BCUT2D eigenvalue weighted by Gasteiger charge is 2.42. The molecule has 1 saturated heterocycles. The Morgan fingerprint density at radius 3 is 2.35 bits per heavy atom. The highest BCUT2D eigenvalue weighted by atomic mass is 16.6. The Morgan fingerprint density at radius 1 is 1.00 bits per heavy atom. The van der Waals surface area contributed by atoms with E-state index >= 15 is 0 Å². The van der Waals surface area contributed by atoms with Gasteiger partial charge in [-0.25, -0.2) is 9.59 Å². The minimum Gasteiger partial charge on any atom is -0.497 e. The molecule has 1 aliphatic carbocycles. The number of carbonyl (C=O) groups is 3. The molecule has 0 unspecified atom stereocenters. The van der Waals surface area contributed by atoms with Gasteiger partial charge in [0.2, 0.25) is 5.91 Å². The van der Waals surface area contributed by atoms with E-state index in [-0.39, 0.29) is 25.0 Å². The van der Waals surface area contributed by atoms with Crippen LogP contribution in [0.15, 0.2) is 61.0 Å². The predicted molar refractivity (Wildman–Crippen MR) is 123 cm³/mol. The predicted octanol–water partition coefficient (Wildman–Crippen LogP) is 3.27. The fourth-order valence-corrected chi connectivity index (χ4v) is 5.08. The fraction of sp³-hybridized carbons (Fsp3) is 0.346. The second-order valence-electron chi connectivity index (χ2n) is 8.56. The molecule has 176 valence electrons. The zero-order valence-corrected chi connectivity index (χ0v) is 18.9.